The SMILES string of the molecule is COc1cc(/C=C2/SC(=O)N(Cc3ccccc3Br)C2=O)cc(Br)c1OC. The van der Waals surface area contributed by atoms with Gasteiger partial charge < -0.3 is 9.47 Å². The molecule has 5 nitrogen and oxygen atoms in total. The molecule has 0 saturated carbocycles. The molecule has 0 atom stereocenters. The largest absolute Gasteiger partial charge is 0.493 e. The number of nitrogens with zero attached hydrogens (tertiary/aromatic N) is 1. The Hall–Kier alpha value is -1.77. The van der Waals surface area contributed by atoms with E-state index in [0.29, 0.717) is 20.9 Å². The van der Waals surface area contributed by atoms with Crippen molar-refractivity contribution in [3.8, 4) is 11.5 Å². The molecule has 0 unspecified atom stereocenters. The van der Waals surface area contributed by atoms with Gasteiger partial charge in [-0.3, -0.25) is 14.5 Å². The topological polar surface area (TPSA) is 55.8 Å². The minimum atomic E-state index is -0.313. The van der Waals surface area contributed by atoms with Crippen molar-refractivity contribution in [2.45, 2.75) is 6.54 Å². The number of amides is 2. The van der Waals surface area contributed by atoms with Gasteiger partial charge in [0.2, 0.25) is 0 Å². The van der Waals surface area contributed by atoms with Crippen LogP contribution in [0.25, 0.3) is 6.08 Å². The third-order valence-electron chi connectivity index (χ3n) is 3.91. The maximum Gasteiger partial charge on any atom is 0.293 e. The molecule has 1 aliphatic heterocycles. The van der Waals surface area contributed by atoms with Gasteiger partial charge in [-0.15, -0.1) is 0 Å². The first-order chi connectivity index (χ1) is 12.9. The van der Waals surface area contributed by atoms with Gasteiger partial charge in [-0.1, -0.05) is 34.1 Å². The van der Waals surface area contributed by atoms with Gasteiger partial charge >= 0.3 is 0 Å². The lowest BCUT2D eigenvalue weighted by Crippen LogP contribution is -2.27. The van der Waals surface area contributed by atoms with Crippen LogP contribution >= 0.6 is 43.6 Å². The number of carbonyl (C=O) groups is 2. The third kappa shape index (κ3) is 4.23. The molecule has 140 valence electrons. The van der Waals surface area contributed by atoms with Gasteiger partial charge in [-0.2, -0.15) is 0 Å². The molecular formula is C19H15Br2NO4S. The van der Waals surface area contributed by atoms with Crippen molar-refractivity contribution >= 4 is 60.8 Å². The molecule has 2 aromatic carbocycles. The summed E-state index contributed by atoms with van der Waals surface area (Å²) in [5.41, 5.74) is 1.60. The number of ether oxygens (including phenoxy) is 2. The standard InChI is InChI=1S/C19H15Br2NO4S/c1-25-15-8-11(7-14(21)17(15)26-2)9-16-18(23)22(19(24)27-16)10-12-5-3-4-6-13(12)20/h3-9H,10H2,1-2H3/b16-9+. The molecule has 1 fully saturated rings. The van der Waals surface area contributed by atoms with Crippen LogP contribution in [0.4, 0.5) is 4.79 Å². The van der Waals surface area contributed by atoms with E-state index in [9.17, 15) is 9.59 Å². The quantitative estimate of drug-likeness (QED) is 0.497. The lowest BCUT2D eigenvalue weighted by Gasteiger charge is -2.13. The zero-order valence-corrected chi connectivity index (χ0v) is 18.5. The first-order valence-electron chi connectivity index (χ1n) is 7.85. The second-order valence-electron chi connectivity index (χ2n) is 5.60. The second-order valence-corrected chi connectivity index (χ2v) is 8.30. The van der Waals surface area contributed by atoms with Crippen LogP contribution in [0.3, 0.4) is 0 Å². The molecule has 0 radical (unpaired) electrons. The summed E-state index contributed by atoms with van der Waals surface area (Å²) in [6.07, 6.45) is 1.68. The van der Waals surface area contributed by atoms with E-state index in [2.05, 4.69) is 31.9 Å². The van der Waals surface area contributed by atoms with Crippen LogP contribution in [-0.2, 0) is 11.3 Å². The third-order valence-corrected chi connectivity index (χ3v) is 6.18. The van der Waals surface area contributed by atoms with Crippen LogP contribution in [-0.4, -0.2) is 30.3 Å². The fraction of sp³-hybridized carbons (Fsp3) is 0.158. The first-order valence-corrected chi connectivity index (χ1v) is 10.2. The zero-order chi connectivity index (χ0) is 19.6. The Kier molecular flexibility index (Phi) is 6.29. The van der Waals surface area contributed by atoms with E-state index in [4.69, 9.17) is 9.47 Å². The fourth-order valence-corrected chi connectivity index (χ4v) is 4.48. The van der Waals surface area contributed by atoms with Crippen LogP contribution in [0, 0.1) is 0 Å². The number of rotatable bonds is 5. The van der Waals surface area contributed by atoms with Crippen LogP contribution in [0.1, 0.15) is 11.1 Å². The summed E-state index contributed by atoms with van der Waals surface area (Å²) in [5.74, 6) is 0.786. The Bertz CT molecular complexity index is 945. The number of thioether (sulfide) groups is 1. The van der Waals surface area contributed by atoms with Crippen molar-refractivity contribution in [3.05, 3.63) is 61.4 Å². The molecule has 27 heavy (non-hydrogen) atoms. The highest BCUT2D eigenvalue weighted by molar-refractivity contribution is 9.10. The molecule has 0 aromatic heterocycles. The molecule has 1 aliphatic rings. The normalized spacial score (nSPS) is 15.6. The number of imide groups is 1. The summed E-state index contributed by atoms with van der Waals surface area (Å²) < 4.78 is 12.2. The highest BCUT2D eigenvalue weighted by Gasteiger charge is 2.35. The van der Waals surface area contributed by atoms with Gasteiger partial charge in [0.05, 0.1) is 30.1 Å². The van der Waals surface area contributed by atoms with Gasteiger partial charge in [0.1, 0.15) is 0 Å². The van der Waals surface area contributed by atoms with Gasteiger partial charge in [0, 0.05) is 4.47 Å². The van der Waals surface area contributed by atoms with E-state index in [0.717, 1.165) is 27.4 Å². The Labute approximate surface area is 178 Å². The summed E-state index contributed by atoms with van der Waals surface area (Å²) in [6.45, 7) is 0.221. The highest BCUT2D eigenvalue weighted by atomic mass is 79.9. The molecule has 0 aliphatic carbocycles. The van der Waals surface area contributed by atoms with Crippen molar-refractivity contribution in [2.75, 3.05) is 14.2 Å². The molecule has 1 saturated heterocycles. The Morgan fingerprint density at radius 1 is 1.07 bits per heavy atom. The van der Waals surface area contributed by atoms with E-state index >= 15 is 0 Å². The van der Waals surface area contributed by atoms with E-state index < -0.39 is 0 Å². The zero-order valence-electron chi connectivity index (χ0n) is 14.5. The molecule has 1 heterocycles. The summed E-state index contributed by atoms with van der Waals surface area (Å²) in [6, 6.07) is 11.1. The number of hydrogen-bond acceptors (Lipinski definition) is 5. The predicted molar refractivity (Wildman–Crippen MR) is 113 cm³/mol. The van der Waals surface area contributed by atoms with Crippen molar-refractivity contribution in [1.29, 1.82) is 0 Å². The van der Waals surface area contributed by atoms with E-state index in [1.165, 1.54) is 4.90 Å². The van der Waals surface area contributed by atoms with Crippen molar-refractivity contribution < 1.29 is 19.1 Å². The monoisotopic (exact) mass is 511 g/mol. The Balaban J connectivity index is 1.88. The van der Waals surface area contributed by atoms with Crippen LogP contribution in [0.2, 0.25) is 0 Å². The van der Waals surface area contributed by atoms with Crippen molar-refractivity contribution in [2.24, 2.45) is 0 Å². The van der Waals surface area contributed by atoms with Crippen LogP contribution in [0.5, 0.6) is 11.5 Å². The smallest absolute Gasteiger partial charge is 0.293 e. The maximum absolute atomic E-state index is 12.7. The molecule has 0 bridgehead atoms. The number of halogens is 2. The second kappa shape index (κ2) is 8.50. The number of benzene rings is 2. The van der Waals surface area contributed by atoms with Crippen LogP contribution in [0.15, 0.2) is 50.2 Å². The lowest BCUT2D eigenvalue weighted by molar-refractivity contribution is -0.123. The Morgan fingerprint density at radius 2 is 1.81 bits per heavy atom. The van der Waals surface area contributed by atoms with Gasteiger partial charge in [-0.25, -0.2) is 0 Å². The predicted octanol–water partition coefficient (Wildman–Crippen LogP) is 5.47. The molecule has 0 N–H and O–H groups in total. The van der Waals surface area contributed by atoms with Crippen molar-refractivity contribution in [1.82, 2.24) is 4.90 Å². The summed E-state index contributed by atoms with van der Waals surface area (Å²) in [7, 11) is 3.09. The number of hydrogen-bond donors (Lipinski definition) is 0. The van der Waals surface area contributed by atoms with E-state index in [1.54, 1.807) is 26.4 Å². The van der Waals surface area contributed by atoms with E-state index in [1.807, 2.05) is 30.3 Å². The summed E-state index contributed by atoms with van der Waals surface area (Å²) >= 11 is 7.81. The van der Waals surface area contributed by atoms with Gasteiger partial charge in [0.15, 0.2) is 11.5 Å². The van der Waals surface area contributed by atoms with Crippen molar-refractivity contribution in [3.63, 3.8) is 0 Å². The van der Waals surface area contributed by atoms with Gasteiger partial charge in [-0.05, 0) is 63.1 Å². The molecule has 8 heteroatoms. The summed E-state index contributed by atoms with van der Waals surface area (Å²) in [5, 5.41) is -0.290. The maximum atomic E-state index is 12.7. The first kappa shape index (κ1) is 20.0. The van der Waals surface area contributed by atoms with E-state index in [-0.39, 0.29) is 17.7 Å². The average Bonchev–Trinajstić information content (AvgIpc) is 2.90. The van der Waals surface area contributed by atoms with Gasteiger partial charge in [0.25, 0.3) is 11.1 Å². The highest BCUT2D eigenvalue weighted by Crippen LogP contribution is 2.39. The summed E-state index contributed by atoms with van der Waals surface area (Å²) in [4.78, 5) is 26.7. The fourth-order valence-electron chi connectivity index (χ4n) is 2.61. The molecule has 2 amide bonds. The number of carbonyl (C=O) groups excluding carboxylic acids is 2. The average molecular weight is 513 g/mol. The molecule has 3 rings (SSSR count). The molecule has 0 spiro atoms. The molecule has 2 aromatic rings. The number of methoxy groups -OCH3 is 2. The molecular weight excluding hydrogens is 498 g/mol. The minimum absolute atomic E-state index is 0.221. The Morgan fingerprint density at radius 3 is 2.48 bits per heavy atom. The lowest BCUT2D eigenvalue weighted by atomic mass is 10.1. The minimum Gasteiger partial charge on any atom is -0.493 e. The van der Waals surface area contributed by atoms with Crippen LogP contribution < -0.4 is 9.47 Å².